The summed E-state index contributed by atoms with van der Waals surface area (Å²) in [5.74, 6) is -0.322. The third kappa shape index (κ3) is 5.83. The molecule has 0 aliphatic rings. The van der Waals surface area contributed by atoms with Gasteiger partial charge in [-0.05, 0) is 51.7 Å². The first-order valence-corrected chi connectivity index (χ1v) is 6.71. The van der Waals surface area contributed by atoms with Gasteiger partial charge in [0.1, 0.15) is 5.60 Å². The summed E-state index contributed by atoms with van der Waals surface area (Å²) in [5, 5.41) is 8.75. The highest BCUT2D eigenvalue weighted by Gasteiger charge is 2.20. The molecule has 0 fully saturated rings. The zero-order chi connectivity index (χ0) is 14.3. The Balaban J connectivity index is 2.69. The first kappa shape index (κ1) is 15.6. The third-order valence-electron chi connectivity index (χ3n) is 2.63. The summed E-state index contributed by atoms with van der Waals surface area (Å²) in [6.45, 7) is 5.77. The van der Waals surface area contributed by atoms with Gasteiger partial charge in [-0.2, -0.15) is 0 Å². The molecule has 0 atom stereocenters. The summed E-state index contributed by atoms with van der Waals surface area (Å²) >= 11 is 0. The van der Waals surface area contributed by atoms with Crippen LogP contribution >= 0.6 is 0 Å². The molecule has 4 nitrogen and oxygen atoms in total. The molecule has 106 valence electrons. The Hall–Kier alpha value is -1.42. The van der Waals surface area contributed by atoms with Crippen LogP contribution in [0, 0.1) is 0 Å². The van der Waals surface area contributed by atoms with Crippen LogP contribution in [0.5, 0.6) is 0 Å². The predicted octanol–water partition coefficient (Wildman–Crippen LogP) is 2.74. The number of rotatable bonds is 6. The summed E-state index contributed by atoms with van der Waals surface area (Å²) < 4.78 is 5.37. The fourth-order valence-electron chi connectivity index (χ4n) is 1.76. The number of pyridine rings is 1. The lowest BCUT2D eigenvalue weighted by molar-refractivity contribution is 0.00678. The summed E-state index contributed by atoms with van der Waals surface area (Å²) in [4.78, 5) is 16.1. The van der Waals surface area contributed by atoms with Gasteiger partial charge in [0.15, 0.2) is 0 Å². The molecule has 0 bridgehead atoms. The minimum atomic E-state index is -0.499. The number of esters is 1. The SMILES string of the molecule is CC(C)(C)OC(=O)c1cnccc1CCCCCO. The highest BCUT2D eigenvalue weighted by molar-refractivity contribution is 5.91. The van der Waals surface area contributed by atoms with Crippen LogP contribution in [0.15, 0.2) is 18.5 Å². The average molecular weight is 265 g/mol. The van der Waals surface area contributed by atoms with Crippen molar-refractivity contribution >= 4 is 5.97 Å². The van der Waals surface area contributed by atoms with Crippen molar-refractivity contribution in [1.82, 2.24) is 4.98 Å². The van der Waals surface area contributed by atoms with E-state index in [-0.39, 0.29) is 12.6 Å². The van der Waals surface area contributed by atoms with Crippen LogP contribution < -0.4 is 0 Å². The van der Waals surface area contributed by atoms with Crippen molar-refractivity contribution in [2.24, 2.45) is 0 Å². The first-order valence-electron chi connectivity index (χ1n) is 6.71. The van der Waals surface area contributed by atoms with E-state index in [0.717, 1.165) is 31.2 Å². The Morgan fingerprint density at radius 3 is 2.68 bits per heavy atom. The van der Waals surface area contributed by atoms with E-state index in [1.165, 1.54) is 0 Å². The standard InChI is InChI=1S/C15H23NO3/c1-15(2,3)19-14(18)13-11-16-9-8-12(13)7-5-4-6-10-17/h8-9,11,17H,4-7,10H2,1-3H3. The molecule has 1 aromatic rings. The number of aryl methyl sites for hydroxylation is 1. The zero-order valence-electron chi connectivity index (χ0n) is 12.0. The number of unbranched alkanes of at least 4 members (excludes halogenated alkanes) is 2. The highest BCUT2D eigenvalue weighted by Crippen LogP contribution is 2.16. The summed E-state index contributed by atoms with van der Waals surface area (Å²) in [7, 11) is 0. The molecule has 0 aromatic carbocycles. The zero-order valence-corrected chi connectivity index (χ0v) is 12.0. The average Bonchev–Trinajstić information content (AvgIpc) is 2.33. The maximum Gasteiger partial charge on any atom is 0.340 e. The van der Waals surface area contributed by atoms with E-state index in [2.05, 4.69) is 4.98 Å². The Morgan fingerprint density at radius 1 is 1.32 bits per heavy atom. The van der Waals surface area contributed by atoms with Gasteiger partial charge in [0.2, 0.25) is 0 Å². The van der Waals surface area contributed by atoms with Gasteiger partial charge in [0, 0.05) is 19.0 Å². The molecule has 4 heteroatoms. The van der Waals surface area contributed by atoms with E-state index in [9.17, 15) is 4.79 Å². The normalized spacial score (nSPS) is 11.4. The van der Waals surface area contributed by atoms with Gasteiger partial charge in [-0.15, -0.1) is 0 Å². The number of aliphatic hydroxyl groups excluding tert-OH is 1. The lowest BCUT2D eigenvalue weighted by atomic mass is 10.0. The Bertz CT molecular complexity index is 410. The van der Waals surface area contributed by atoms with Crippen LogP contribution in [-0.4, -0.2) is 28.3 Å². The van der Waals surface area contributed by atoms with E-state index in [1.54, 1.807) is 12.4 Å². The second kappa shape index (κ2) is 7.24. The largest absolute Gasteiger partial charge is 0.456 e. The molecule has 0 aliphatic carbocycles. The van der Waals surface area contributed by atoms with Gasteiger partial charge in [0.05, 0.1) is 5.56 Å². The minimum absolute atomic E-state index is 0.218. The molecule has 1 heterocycles. The van der Waals surface area contributed by atoms with Crippen LogP contribution in [0.4, 0.5) is 0 Å². The topological polar surface area (TPSA) is 59.4 Å². The Labute approximate surface area is 114 Å². The molecular weight excluding hydrogens is 242 g/mol. The Morgan fingerprint density at radius 2 is 2.05 bits per heavy atom. The van der Waals surface area contributed by atoms with Crippen LogP contribution in [0.2, 0.25) is 0 Å². The molecule has 0 saturated heterocycles. The molecule has 19 heavy (non-hydrogen) atoms. The third-order valence-corrected chi connectivity index (χ3v) is 2.63. The van der Waals surface area contributed by atoms with Crippen molar-refractivity contribution in [2.45, 2.75) is 52.1 Å². The summed E-state index contributed by atoms with van der Waals surface area (Å²) in [5.41, 5.74) is 1.00. The van der Waals surface area contributed by atoms with Gasteiger partial charge in [-0.1, -0.05) is 6.42 Å². The van der Waals surface area contributed by atoms with E-state index in [0.29, 0.717) is 5.56 Å². The van der Waals surface area contributed by atoms with Crippen molar-refractivity contribution in [1.29, 1.82) is 0 Å². The summed E-state index contributed by atoms with van der Waals surface area (Å²) in [6.07, 6.45) is 6.75. The first-order chi connectivity index (χ1) is 8.94. The second-order valence-corrected chi connectivity index (χ2v) is 5.57. The van der Waals surface area contributed by atoms with Crippen LogP contribution in [0.25, 0.3) is 0 Å². The molecule has 0 unspecified atom stereocenters. The number of aliphatic hydroxyl groups is 1. The molecule has 1 aromatic heterocycles. The number of nitrogens with zero attached hydrogens (tertiary/aromatic N) is 1. The maximum atomic E-state index is 12.1. The molecule has 0 saturated carbocycles. The van der Waals surface area contributed by atoms with Gasteiger partial charge in [-0.25, -0.2) is 4.79 Å². The number of carbonyl (C=O) groups excluding carboxylic acids is 1. The lowest BCUT2D eigenvalue weighted by Gasteiger charge is -2.20. The van der Waals surface area contributed by atoms with E-state index < -0.39 is 5.60 Å². The van der Waals surface area contributed by atoms with Crippen LogP contribution in [0.1, 0.15) is 56.0 Å². The minimum Gasteiger partial charge on any atom is -0.456 e. The predicted molar refractivity (Wildman–Crippen MR) is 74.0 cm³/mol. The van der Waals surface area contributed by atoms with E-state index >= 15 is 0 Å². The molecule has 0 amide bonds. The van der Waals surface area contributed by atoms with E-state index in [1.807, 2.05) is 26.8 Å². The molecule has 0 spiro atoms. The van der Waals surface area contributed by atoms with Crippen LogP contribution in [-0.2, 0) is 11.2 Å². The van der Waals surface area contributed by atoms with Crippen molar-refractivity contribution < 1.29 is 14.6 Å². The number of hydrogen-bond donors (Lipinski definition) is 1. The smallest absolute Gasteiger partial charge is 0.340 e. The number of ether oxygens (including phenoxy) is 1. The monoisotopic (exact) mass is 265 g/mol. The number of aromatic nitrogens is 1. The number of carbonyl (C=O) groups is 1. The van der Waals surface area contributed by atoms with Gasteiger partial charge < -0.3 is 9.84 Å². The quantitative estimate of drug-likeness (QED) is 0.634. The van der Waals surface area contributed by atoms with Crippen LogP contribution in [0.3, 0.4) is 0 Å². The van der Waals surface area contributed by atoms with Crippen molar-refractivity contribution in [3.63, 3.8) is 0 Å². The number of hydrogen-bond acceptors (Lipinski definition) is 4. The molecule has 0 aliphatic heterocycles. The van der Waals surface area contributed by atoms with Gasteiger partial charge in [0.25, 0.3) is 0 Å². The fraction of sp³-hybridized carbons (Fsp3) is 0.600. The van der Waals surface area contributed by atoms with E-state index in [4.69, 9.17) is 9.84 Å². The van der Waals surface area contributed by atoms with Crippen molar-refractivity contribution in [2.75, 3.05) is 6.61 Å². The summed E-state index contributed by atoms with van der Waals surface area (Å²) in [6, 6.07) is 1.86. The molecule has 1 rings (SSSR count). The molecule has 1 N–H and O–H groups in total. The molecular formula is C15H23NO3. The second-order valence-electron chi connectivity index (χ2n) is 5.57. The molecule has 0 radical (unpaired) electrons. The fourth-order valence-corrected chi connectivity index (χ4v) is 1.76. The highest BCUT2D eigenvalue weighted by atomic mass is 16.6. The van der Waals surface area contributed by atoms with Gasteiger partial charge >= 0.3 is 5.97 Å². The van der Waals surface area contributed by atoms with Crippen molar-refractivity contribution in [3.05, 3.63) is 29.6 Å². The maximum absolute atomic E-state index is 12.1. The van der Waals surface area contributed by atoms with Crippen molar-refractivity contribution in [3.8, 4) is 0 Å². The Kier molecular flexibility index (Phi) is 5.96. The van der Waals surface area contributed by atoms with Gasteiger partial charge in [-0.3, -0.25) is 4.98 Å². The lowest BCUT2D eigenvalue weighted by Crippen LogP contribution is -2.24.